The molecule has 0 atom stereocenters. The van der Waals surface area contributed by atoms with E-state index in [0.717, 1.165) is 20.9 Å². The van der Waals surface area contributed by atoms with Crippen LogP contribution in [0.15, 0.2) is 46.9 Å². The largest absolute Gasteiger partial charge is 0.0843 e. The molecular formula is C13H9BrCl2. The van der Waals surface area contributed by atoms with Gasteiger partial charge in [0, 0.05) is 14.5 Å². The third-order valence-electron chi connectivity index (χ3n) is 2.32. The SMILES string of the molecule is Clc1ccc(Cc2ccc(Cl)cc2Br)cc1. The zero-order valence-electron chi connectivity index (χ0n) is 8.38. The van der Waals surface area contributed by atoms with Crippen molar-refractivity contribution in [1.82, 2.24) is 0 Å². The number of hydrogen-bond acceptors (Lipinski definition) is 0. The maximum absolute atomic E-state index is 5.89. The molecule has 0 aromatic heterocycles. The summed E-state index contributed by atoms with van der Waals surface area (Å²) in [6.45, 7) is 0. The summed E-state index contributed by atoms with van der Waals surface area (Å²) in [5.74, 6) is 0. The van der Waals surface area contributed by atoms with Crippen molar-refractivity contribution in [1.29, 1.82) is 0 Å². The summed E-state index contributed by atoms with van der Waals surface area (Å²) >= 11 is 15.2. The molecule has 0 radical (unpaired) electrons. The third-order valence-corrected chi connectivity index (χ3v) is 3.55. The summed E-state index contributed by atoms with van der Waals surface area (Å²) in [6.07, 6.45) is 0.870. The van der Waals surface area contributed by atoms with E-state index in [1.54, 1.807) is 0 Å². The van der Waals surface area contributed by atoms with Crippen LogP contribution in [0.5, 0.6) is 0 Å². The Bertz CT molecular complexity index is 492. The number of benzene rings is 2. The summed E-state index contributed by atoms with van der Waals surface area (Å²) in [6, 6.07) is 13.7. The van der Waals surface area contributed by atoms with Crippen LogP contribution in [0.1, 0.15) is 11.1 Å². The molecule has 82 valence electrons. The summed E-state index contributed by atoms with van der Waals surface area (Å²) in [5.41, 5.74) is 2.44. The lowest BCUT2D eigenvalue weighted by Crippen LogP contribution is -1.89. The molecule has 2 aromatic carbocycles. The molecule has 0 N–H and O–H groups in total. The van der Waals surface area contributed by atoms with Crippen LogP contribution in [0.3, 0.4) is 0 Å². The van der Waals surface area contributed by atoms with Crippen molar-refractivity contribution in [2.75, 3.05) is 0 Å². The summed E-state index contributed by atoms with van der Waals surface area (Å²) in [5, 5.41) is 1.51. The minimum absolute atomic E-state index is 0.742. The van der Waals surface area contributed by atoms with E-state index in [1.165, 1.54) is 11.1 Å². The Morgan fingerprint density at radius 2 is 1.50 bits per heavy atom. The minimum atomic E-state index is 0.742. The molecule has 0 aliphatic rings. The summed E-state index contributed by atoms with van der Waals surface area (Å²) < 4.78 is 1.04. The highest BCUT2D eigenvalue weighted by atomic mass is 79.9. The van der Waals surface area contributed by atoms with Gasteiger partial charge in [0.1, 0.15) is 0 Å². The summed E-state index contributed by atoms with van der Waals surface area (Å²) in [7, 11) is 0. The van der Waals surface area contributed by atoms with Crippen molar-refractivity contribution in [3.63, 3.8) is 0 Å². The van der Waals surface area contributed by atoms with Gasteiger partial charge in [0.15, 0.2) is 0 Å². The molecule has 0 aliphatic carbocycles. The van der Waals surface area contributed by atoms with Crippen molar-refractivity contribution in [3.05, 3.63) is 68.1 Å². The van der Waals surface area contributed by atoms with E-state index in [2.05, 4.69) is 15.9 Å². The predicted octanol–water partition coefficient (Wildman–Crippen LogP) is 5.35. The van der Waals surface area contributed by atoms with Crippen LogP contribution in [0.4, 0.5) is 0 Å². The fourth-order valence-corrected chi connectivity index (χ4v) is 2.44. The van der Waals surface area contributed by atoms with E-state index >= 15 is 0 Å². The topological polar surface area (TPSA) is 0 Å². The molecule has 0 bridgehead atoms. The molecule has 0 spiro atoms. The van der Waals surface area contributed by atoms with E-state index in [0.29, 0.717) is 0 Å². The molecule has 2 rings (SSSR count). The maximum atomic E-state index is 5.89. The van der Waals surface area contributed by atoms with Gasteiger partial charge in [0.25, 0.3) is 0 Å². The van der Waals surface area contributed by atoms with Gasteiger partial charge in [0.05, 0.1) is 0 Å². The Balaban J connectivity index is 2.23. The minimum Gasteiger partial charge on any atom is -0.0843 e. The predicted molar refractivity (Wildman–Crippen MR) is 73.4 cm³/mol. The van der Waals surface area contributed by atoms with Gasteiger partial charge in [-0.05, 0) is 41.8 Å². The quantitative estimate of drug-likeness (QED) is 0.701. The van der Waals surface area contributed by atoms with Gasteiger partial charge in [0.2, 0.25) is 0 Å². The van der Waals surface area contributed by atoms with E-state index in [-0.39, 0.29) is 0 Å². The van der Waals surface area contributed by atoms with Gasteiger partial charge >= 0.3 is 0 Å². The van der Waals surface area contributed by atoms with E-state index in [1.807, 2.05) is 42.5 Å². The molecule has 2 aromatic rings. The van der Waals surface area contributed by atoms with Crippen LogP contribution < -0.4 is 0 Å². The van der Waals surface area contributed by atoms with Gasteiger partial charge in [-0.25, -0.2) is 0 Å². The number of hydrogen-bond donors (Lipinski definition) is 0. The van der Waals surface area contributed by atoms with E-state index in [9.17, 15) is 0 Å². The first-order chi connectivity index (χ1) is 7.65. The van der Waals surface area contributed by atoms with Crippen LogP contribution in [0.2, 0.25) is 10.0 Å². The Hall–Kier alpha value is -0.500. The van der Waals surface area contributed by atoms with Crippen LogP contribution in [-0.2, 0) is 6.42 Å². The zero-order valence-corrected chi connectivity index (χ0v) is 11.5. The lowest BCUT2D eigenvalue weighted by Gasteiger charge is -2.05. The van der Waals surface area contributed by atoms with Crippen LogP contribution in [0.25, 0.3) is 0 Å². The Labute approximate surface area is 113 Å². The molecule has 0 amide bonds. The second kappa shape index (κ2) is 5.22. The standard InChI is InChI=1S/C13H9BrCl2/c14-13-8-12(16)6-3-10(13)7-9-1-4-11(15)5-2-9/h1-6,8H,7H2. The first-order valence-corrected chi connectivity index (χ1v) is 6.38. The Kier molecular flexibility index (Phi) is 3.91. The van der Waals surface area contributed by atoms with Crippen LogP contribution in [0, 0.1) is 0 Å². The molecule has 0 unspecified atom stereocenters. The number of halogens is 3. The van der Waals surface area contributed by atoms with Crippen molar-refractivity contribution in [3.8, 4) is 0 Å². The smallest absolute Gasteiger partial charge is 0.0417 e. The Morgan fingerprint density at radius 3 is 2.12 bits per heavy atom. The van der Waals surface area contributed by atoms with Crippen LogP contribution in [-0.4, -0.2) is 0 Å². The van der Waals surface area contributed by atoms with Crippen molar-refractivity contribution >= 4 is 39.1 Å². The zero-order chi connectivity index (χ0) is 11.5. The highest BCUT2D eigenvalue weighted by Crippen LogP contribution is 2.24. The highest BCUT2D eigenvalue weighted by Gasteiger charge is 2.02. The lowest BCUT2D eigenvalue weighted by molar-refractivity contribution is 1.18. The van der Waals surface area contributed by atoms with E-state index in [4.69, 9.17) is 23.2 Å². The first-order valence-electron chi connectivity index (χ1n) is 4.83. The molecule has 0 fully saturated rings. The fraction of sp³-hybridized carbons (Fsp3) is 0.0769. The van der Waals surface area contributed by atoms with Gasteiger partial charge in [-0.15, -0.1) is 0 Å². The van der Waals surface area contributed by atoms with Gasteiger partial charge in [-0.3, -0.25) is 0 Å². The fourth-order valence-electron chi connectivity index (χ4n) is 1.49. The molecule has 3 heteroatoms. The molecule has 16 heavy (non-hydrogen) atoms. The second-order valence-electron chi connectivity index (χ2n) is 3.54. The first kappa shape index (κ1) is 12.0. The second-order valence-corrected chi connectivity index (χ2v) is 5.27. The summed E-state index contributed by atoms with van der Waals surface area (Å²) in [4.78, 5) is 0. The van der Waals surface area contributed by atoms with Crippen LogP contribution >= 0.6 is 39.1 Å². The highest BCUT2D eigenvalue weighted by molar-refractivity contribution is 9.10. The molecule has 0 nitrogen and oxygen atoms in total. The molecule has 0 heterocycles. The lowest BCUT2D eigenvalue weighted by atomic mass is 10.1. The molecule has 0 saturated carbocycles. The Morgan fingerprint density at radius 1 is 0.875 bits per heavy atom. The van der Waals surface area contributed by atoms with Gasteiger partial charge < -0.3 is 0 Å². The van der Waals surface area contributed by atoms with Gasteiger partial charge in [-0.1, -0.05) is 57.3 Å². The average molecular weight is 316 g/mol. The normalized spacial score (nSPS) is 10.4. The third kappa shape index (κ3) is 3.00. The number of rotatable bonds is 2. The molecule has 0 aliphatic heterocycles. The average Bonchev–Trinajstić information content (AvgIpc) is 2.25. The van der Waals surface area contributed by atoms with E-state index < -0.39 is 0 Å². The van der Waals surface area contributed by atoms with Crippen molar-refractivity contribution in [2.45, 2.75) is 6.42 Å². The maximum Gasteiger partial charge on any atom is 0.0417 e. The van der Waals surface area contributed by atoms with Crippen molar-refractivity contribution in [2.24, 2.45) is 0 Å². The van der Waals surface area contributed by atoms with Crippen molar-refractivity contribution < 1.29 is 0 Å². The van der Waals surface area contributed by atoms with Gasteiger partial charge in [-0.2, -0.15) is 0 Å². The monoisotopic (exact) mass is 314 g/mol. The molecule has 0 saturated heterocycles. The molecular weight excluding hydrogens is 307 g/mol.